The summed E-state index contributed by atoms with van der Waals surface area (Å²) < 4.78 is 6.37. The molecule has 0 radical (unpaired) electrons. The van der Waals surface area contributed by atoms with Crippen LogP contribution in [0.5, 0.6) is 11.5 Å². The normalized spacial score (nSPS) is 12.9. The predicted molar refractivity (Wildman–Crippen MR) is 121 cm³/mol. The minimum absolute atomic E-state index is 0.297. The first-order valence-corrected chi connectivity index (χ1v) is 10.5. The summed E-state index contributed by atoms with van der Waals surface area (Å²) in [6.45, 7) is 6.39. The Morgan fingerprint density at radius 2 is 1.80 bits per heavy atom. The number of fused-ring (bicyclic) bond motifs is 2. The number of rotatable bonds is 5. The SMILES string of the molecule is CC/C=c1\ccc2c(c1)Oc1cc(CCC)c(C)cc1C=2c1ccccc1C(=O)O. The lowest BCUT2D eigenvalue weighted by Gasteiger charge is -2.24. The molecule has 0 unspecified atom stereocenters. The number of carboxylic acids is 1. The summed E-state index contributed by atoms with van der Waals surface area (Å²) in [5, 5.41) is 11.9. The minimum atomic E-state index is -0.928. The number of hydrogen-bond acceptors (Lipinski definition) is 2. The maximum absolute atomic E-state index is 12.0. The van der Waals surface area contributed by atoms with Crippen LogP contribution in [0.3, 0.4) is 0 Å². The molecule has 1 aliphatic heterocycles. The van der Waals surface area contributed by atoms with Crippen LogP contribution in [0.2, 0.25) is 0 Å². The summed E-state index contributed by atoms with van der Waals surface area (Å²) in [6.07, 6.45) is 5.14. The van der Waals surface area contributed by atoms with Gasteiger partial charge in [0.25, 0.3) is 0 Å². The average molecular weight is 399 g/mol. The number of benzene rings is 3. The highest BCUT2D eigenvalue weighted by molar-refractivity contribution is 5.98. The standard InChI is InChI=1S/C27H26O3/c1-4-8-18-12-13-22-24(15-18)30-25-16-19(9-5-2)17(3)14-23(25)26(22)20-10-6-7-11-21(20)27(28)29/h6-8,10-16H,4-5,9H2,1-3H3,(H,28,29)/b18-8+. The van der Waals surface area contributed by atoms with E-state index in [1.165, 1.54) is 11.1 Å². The van der Waals surface area contributed by atoms with Crippen LogP contribution in [0.25, 0.3) is 11.6 Å². The fourth-order valence-electron chi connectivity index (χ4n) is 4.18. The molecule has 0 saturated heterocycles. The Hall–Kier alpha value is -3.33. The molecule has 0 amide bonds. The third-order valence-electron chi connectivity index (χ3n) is 5.59. The second kappa shape index (κ2) is 8.19. The topological polar surface area (TPSA) is 46.5 Å². The van der Waals surface area contributed by atoms with Crippen molar-refractivity contribution in [3.63, 3.8) is 0 Å². The van der Waals surface area contributed by atoms with Crippen molar-refractivity contribution in [3.05, 3.63) is 92.9 Å². The first kappa shape index (κ1) is 20.0. The average Bonchev–Trinajstić information content (AvgIpc) is 2.73. The molecule has 3 aromatic rings. The van der Waals surface area contributed by atoms with E-state index in [-0.39, 0.29) is 0 Å². The second-order valence-electron chi connectivity index (χ2n) is 7.72. The summed E-state index contributed by atoms with van der Waals surface area (Å²) in [6, 6.07) is 17.6. The third-order valence-corrected chi connectivity index (χ3v) is 5.59. The van der Waals surface area contributed by atoms with Gasteiger partial charge in [0.2, 0.25) is 0 Å². The molecule has 0 bridgehead atoms. The maximum atomic E-state index is 12.0. The van der Waals surface area contributed by atoms with E-state index in [9.17, 15) is 9.90 Å². The Balaban J connectivity index is 2.10. The first-order valence-electron chi connectivity index (χ1n) is 10.5. The monoisotopic (exact) mass is 398 g/mol. The van der Waals surface area contributed by atoms with Gasteiger partial charge in [-0.2, -0.15) is 0 Å². The van der Waals surface area contributed by atoms with E-state index in [1.54, 1.807) is 12.1 Å². The molecule has 0 spiro atoms. The second-order valence-corrected chi connectivity index (χ2v) is 7.72. The molecule has 3 heteroatoms. The number of ether oxygens (including phenoxy) is 1. The Labute approximate surface area is 177 Å². The molecule has 4 rings (SSSR count). The van der Waals surface area contributed by atoms with Crippen molar-refractivity contribution in [1.29, 1.82) is 0 Å². The van der Waals surface area contributed by atoms with Gasteiger partial charge in [-0.05, 0) is 72.0 Å². The molecule has 1 aliphatic rings. The maximum Gasteiger partial charge on any atom is 0.336 e. The van der Waals surface area contributed by atoms with E-state index in [4.69, 9.17) is 4.74 Å². The molecule has 152 valence electrons. The van der Waals surface area contributed by atoms with Gasteiger partial charge in [-0.3, -0.25) is 0 Å². The Bertz CT molecular complexity index is 1250. The van der Waals surface area contributed by atoms with Crippen LogP contribution in [0.4, 0.5) is 0 Å². The lowest BCUT2D eigenvalue weighted by molar-refractivity contribution is 0.0696. The Morgan fingerprint density at radius 1 is 1.00 bits per heavy atom. The molecule has 0 fully saturated rings. The van der Waals surface area contributed by atoms with Gasteiger partial charge in [-0.25, -0.2) is 4.79 Å². The van der Waals surface area contributed by atoms with Crippen LogP contribution in [-0.2, 0) is 6.42 Å². The van der Waals surface area contributed by atoms with Crippen molar-refractivity contribution in [3.8, 4) is 11.5 Å². The van der Waals surface area contributed by atoms with E-state index in [0.29, 0.717) is 11.1 Å². The number of carbonyl (C=O) groups is 1. The van der Waals surface area contributed by atoms with Crippen molar-refractivity contribution in [2.24, 2.45) is 0 Å². The summed E-state index contributed by atoms with van der Waals surface area (Å²) in [7, 11) is 0. The third kappa shape index (κ3) is 3.52. The van der Waals surface area contributed by atoms with Crippen LogP contribution >= 0.6 is 0 Å². The van der Waals surface area contributed by atoms with Crippen LogP contribution in [0.15, 0.2) is 54.6 Å². The summed E-state index contributed by atoms with van der Waals surface area (Å²) in [5.41, 5.74) is 5.33. The molecule has 0 aliphatic carbocycles. The van der Waals surface area contributed by atoms with E-state index < -0.39 is 5.97 Å². The van der Waals surface area contributed by atoms with E-state index in [2.05, 4.69) is 45.0 Å². The number of aromatic carboxylic acids is 1. The van der Waals surface area contributed by atoms with Crippen molar-refractivity contribution < 1.29 is 14.6 Å². The molecule has 1 N–H and O–H groups in total. The zero-order chi connectivity index (χ0) is 21.3. The van der Waals surface area contributed by atoms with Crippen LogP contribution in [0.1, 0.15) is 59.3 Å². The van der Waals surface area contributed by atoms with E-state index in [1.807, 2.05) is 24.3 Å². The lowest BCUT2D eigenvalue weighted by Crippen LogP contribution is -2.21. The quantitative estimate of drug-likeness (QED) is 0.503. The van der Waals surface area contributed by atoms with Crippen molar-refractivity contribution in [2.45, 2.75) is 40.0 Å². The van der Waals surface area contributed by atoms with Crippen LogP contribution in [0, 0.1) is 6.92 Å². The van der Waals surface area contributed by atoms with Gasteiger partial charge in [0.05, 0.1) is 5.56 Å². The van der Waals surface area contributed by atoms with Gasteiger partial charge in [0, 0.05) is 16.4 Å². The van der Waals surface area contributed by atoms with Crippen molar-refractivity contribution >= 4 is 17.6 Å². The highest BCUT2D eigenvalue weighted by Crippen LogP contribution is 2.38. The number of aryl methyl sites for hydroxylation is 2. The van der Waals surface area contributed by atoms with Gasteiger partial charge in [0.15, 0.2) is 0 Å². The molecular formula is C27H26O3. The van der Waals surface area contributed by atoms with E-state index in [0.717, 1.165) is 52.3 Å². The smallest absolute Gasteiger partial charge is 0.336 e. The highest BCUT2D eigenvalue weighted by atomic mass is 16.5. The van der Waals surface area contributed by atoms with Crippen LogP contribution < -0.4 is 15.2 Å². The van der Waals surface area contributed by atoms with Gasteiger partial charge in [0.1, 0.15) is 11.5 Å². The molecule has 1 heterocycles. The fourth-order valence-corrected chi connectivity index (χ4v) is 4.18. The largest absolute Gasteiger partial charge is 0.478 e. The van der Waals surface area contributed by atoms with Gasteiger partial charge >= 0.3 is 5.97 Å². The van der Waals surface area contributed by atoms with Gasteiger partial charge in [-0.15, -0.1) is 0 Å². The highest BCUT2D eigenvalue weighted by Gasteiger charge is 2.24. The molecular weight excluding hydrogens is 372 g/mol. The molecule has 0 atom stereocenters. The Kier molecular flexibility index (Phi) is 5.45. The molecule has 0 saturated carbocycles. The van der Waals surface area contributed by atoms with Crippen molar-refractivity contribution in [1.82, 2.24) is 0 Å². The molecule has 30 heavy (non-hydrogen) atoms. The van der Waals surface area contributed by atoms with E-state index >= 15 is 0 Å². The number of hydrogen-bond donors (Lipinski definition) is 1. The van der Waals surface area contributed by atoms with Crippen molar-refractivity contribution in [2.75, 3.05) is 0 Å². The summed E-state index contributed by atoms with van der Waals surface area (Å²) in [5.74, 6) is 0.634. The predicted octanol–water partition coefficient (Wildman–Crippen LogP) is 5.19. The summed E-state index contributed by atoms with van der Waals surface area (Å²) in [4.78, 5) is 12.0. The number of carboxylic acid groups (broad SMARTS) is 1. The Morgan fingerprint density at radius 3 is 2.53 bits per heavy atom. The van der Waals surface area contributed by atoms with Crippen LogP contribution in [-0.4, -0.2) is 11.1 Å². The molecule has 3 aromatic carbocycles. The summed E-state index contributed by atoms with van der Waals surface area (Å²) >= 11 is 0. The minimum Gasteiger partial charge on any atom is -0.478 e. The first-order chi connectivity index (χ1) is 14.5. The fraction of sp³-hybridized carbons (Fsp3) is 0.222. The van der Waals surface area contributed by atoms with Gasteiger partial charge < -0.3 is 9.84 Å². The molecule has 3 nitrogen and oxygen atoms in total. The lowest BCUT2D eigenvalue weighted by atomic mass is 9.87. The van der Waals surface area contributed by atoms with Gasteiger partial charge in [-0.1, -0.05) is 50.6 Å². The zero-order valence-electron chi connectivity index (χ0n) is 17.7. The zero-order valence-corrected chi connectivity index (χ0v) is 17.7. The molecule has 0 aromatic heterocycles.